The Labute approximate surface area is 158 Å². The van der Waals surface area contributed by atoms with Gasteiger partial charge in [0.25, 0.3) is 5.91 Å². The minimum absolute atomic E-state index is 0.299. The van der Waals surface area contributed by atoms with Crippen molar-refractivity contribution in [3.8, 4) is 0 Å². The summed E-state index contributed by atoms with van der Waals surface area (Å²) in [6.07, 6.45) is 2.46. The van der Waals surface area contributed by atoms with E-state index >= 15 is 0 Å². The summed E-state index contributed by atoms with van der Waals surface area (Å²) < 4.78 is 5.50. The molecular weight excluding hydrogens is 340 g/mol. The number of nitrogens with zero attached hydrogens (tertiary/aromatic N) is 2. The Kier molecular flexibility index (Phi) is 5.94. The number of ether oxygens (including phenoxy) is 1. The fourth-order valence-corrected chi connectivity index (χ4v) is 2.69. The number of rotatable bonds is 6. The van der Waals surface area contributed by atoms with Crippen molar-refractivity contribution in [2.24, 2.45) is 0 Å². The lowest BCUT2D eigenvalue weighted by Gasteiger charge is -2.27. The van der Waals surface area contributed by atoms with E-state index in [-0.39, 0.29) is 5.91 Å². The van der Waals surface area contributed by atoms with E-state index < -0.39 is 12.1 Å². The number of amides is 1. The van der Waals surface area contributed by atoms with Gasteiger partial charge in [0.15, 0.2) is 6.10 Å². The van der Waals surface area contributed by atoms with Gasteiger partial charge in [-0.05, 0) is 42.8 Å². The molecule has 136 valence electrons. The van der Waals surface area contributed by atoms with Crippen LogP contribution in [-0.2, 0) is 9.53 Å². The van der Waals surface area contributed by atoms with Crippen LogP contribution in [0.25, 0.3) is 0 Å². The Morgan fingerprint density at radius 1 is 0.926 bits per heavy atom. The maximum atomic E-state index is 13.3. The van der Waals surface area contributed by atoms with Crippen molar-refractivity contribution in [2.45, 2.75) is 19.4 Å². The van der Waals surface area contributed by atoms with E-state index in [4.69, 9.17) is 4.74 Å². The third-order valence-electron chi connectivity index (χ3n) is 4.04. The van der Waals surface area contributed by atoms with Gasteiger partial charge in [0, 0.05) is 23.8 Å². The van der Waals surface area contributed by atoms with Crippen LogP contribution in [0.5, 0.6) is 0 Å². The molecule has 1 amide bonds. The summed E-state index contributed by atoms with van der Waals surface area (Å²) in [6.45, 7) is 1.81. The first kappa shape index (κ1) is 18.3. The van der Waals surface area contributed by atoms with E-state index in [0.717, 1.165) is 0 Å². The van der Waals surface area contributed by atoms with Gasteiger partial charge in [-0.3, -0.25) is 14.7 Å². The molecule has 0 fully saturated rings. The third-order valence-corrected chi connectivity index (χ3v) is 4.04. The van der Waals surface area contributed by atoms with Gasteiger partial charge in [0.2, 0.25) is 0 Å². The van der Waals surface area contributed by atoms with Crippen LogP contribution < -0.4 is 4.90 Å². The Balaban J connectivity index is 1.89. The van der Waals surface area contributed by atoms with Crippen LogP contribution in [0.1, 0.15) is 23.7 Å². The van der Waals surface area contributed by atoms with E-state index in [9.17, 15) is 9.59 Å². The van der Waals surface area contributed by atoms with E-state index in [1.807, 2.05) is 67.6 Å². The molecule has 0 saturated carbocycles. The number of carbonyl (C=O) groups is 2. The average molecular weight is 360 g/mol. The number of carbonyl (C=O) groups excluding carboxylic acids is 2. The first-order chi connectivity index (χ1) is 13.2. The molecule has 0 spiro atoms. The smallest absolute Gasteiger partial charge is 0.340 e. The van der Waals surface area contributed by atoms with Crippen LogP contribution in [0.15, 0.2) is 85.2 Å². The van der Waals surface area contributed by atoms with Crippen molar-refractivity contribution in [1.82, 2.24) is 4.98 Å². The number of aromatic nitrogens is 1. The van der Waals surface area contributed by atoms with Gasteiger partial charge in [-0.25, -0.2) is 4.79 Å². The highest BCUT2D eigenvalue weighted by Crippen LogP contribution is 2.27. The quantitative estimate of drug-likeness (QED) is 0.612. The molecule has 0 aliphatic rings. The van der Waals surface area contributed by atoms with Gasteiger partial charge in [-0.2, -0.15) is 0 Å². The molecule has 3 aromatic rings. The van der Waals surface area contributed by atoms with Crippen molar-refractivity contribution in [1.29, 1.82) is 0 Å². The molecule has 1 aromatic heterocycles. The number of anilines is 2. The summed E-state index contributed by atoms with van der Waals surface area (Å²) in [6, 6.07) is 21.9. The fraction of sp³-hybridized carbons (Fsp3) is 0.136. The van der Waals surface area contributed by atoms with E-state index in [1.165, 1.54) is 6.20 Å². The minimum Gasteiger partial charge on any atom is -0.449 e. The van der Waals surface area contributed by atoms with E-state index in [2.05, 4.69) is 4.98 Å². The van der Waals surface area contributed by atoms with Crippen molar-refractivity contribution < 1.29 is 14.3 Å². The topological polar surface area (TPSA) is 59.5 Å². The van der Waals surface area contributed by atoms with Crippen LogP contribution in [0.2, 0.25) is 0 Å². The highest BCUT2D eigenvalue weighted by molar-refractivity contribution is 6.04. The Morgan fingerprint density at radius 2 is 1.52 bits per heavy atom. The number of para-hydroxylation sites is 2. The van der Waals surface area contributed by atoms with Crippen molar-refractivity contribution in [2.75, 3.05) is 4.90 Å². The van der Waals surface area contributed by atoms with Gasteiger partial charge in [0.05, 0.1) is 5.56 Å². The lowest BCUT2D eigenvalue weighted by Crippen LogP contribution is -2.38. The molecule has 27 heavy (non-hydrogen) atoms. The molecule has 1 heterocycles. The first-order valence-corrected chi connectivity index (χ1v) is 8.75. The molecule has 0 aliphatic carbocycles. The van der Waals surface area contributed by atoms with Crippen LogP contribution in [0.3, 0.4) is 0 Å². The first-order valence-electron chi connectivity index (χ1n) is 8.75. The summed E-state index contributed by atoms with van der Waals surface area (Å²) in [5, 5.41) is 0. The molecular formula is C22H20N2O3. The largest absolute Gasteiger partial charge is 0.449 e. The Hall–Kier alpha value is -3.47. The third kappa shape index (κ3) is 4.39. The predicted octanol–water partition coefficient (Wildman–Crippen LogP) is 4.38. The number of hydrogen-bond acceptors (Lipinski definition) is 4. The van der Waals surface area contributed by atoms with Gasteiger partial charge in [-0.1, -0.05) is 43.3 Å². The van der Waals surface area contributed by atoms with Crippen LogP contribution in [-0.4, -0.2) is 23.0 Å². The SMILES string of the molecule is CCC(OC(=O)c1cccnc1)C(=O)N(c1ccccc1)c1ccccc1. The maximum absolute atomic E-state index is 13.3. The zero-order chi connectivity index (χ0) is 19.1. The normalized spacial score (nSPS) is 11.4. The molecule has 2 aromatic carbocycles. The molecule has 0 saturated heterocycles. The molecule has 0 N–H and O–H groups in total. The van der Waals surface area contributed by atoms with E-state index in [1.54, 1.807) is 23.2 Å². The lowest BCUT2D eigenvalue weighted by molar-refractivity contribution is -0.126. The highest BCUT2D eigenvalue weighted by Gasteiger charge is 2.29. The second-order valence-corrected chi connectivity index (χ2v) is 5.89. The van der Waals surface area contributed by atoms with Gasteiger partial charge in [-0.15, -0.1) is 0 Å². The summed E-state index contributed by atoms with van der Waals surface area (Å²) >= 11 is 0. The standard InChI is InChI=1S/C22H20N2O3/c1-2-20(27-22(26)17-10-9-15-23-16-17)21(25)24(18-11-5-3-6-12-18)19-13-7-4-8-14-19/h3-16,20H,2H2,1H3. The van der Waals surface area contributed by atoms with Crippen molar-refractivity contribution in [3.63, 3.8) is 0 Å². The number of esters is 1. The zero-order valence-electron chi connectivity index (χ0n) is 15.0. The van der Waals surface area contributed by atoms with Gasteiger partial charge in [0.1, 0.15) is 0 Å². The number of pyridine rings is 1. The molecule has 5 heteroatoms. The van der Waals surface area contributed by atoms with Crippen LogP contribution >= 0.6 is 0 Å². The molecule has 1 unspecified atom stereocenters. The van der Waals surface area contributed by atoms with E-state index in [0.29, 0.717) is 23.4 Å². The summed E-state index contributed by atoms with van der Waals surface area (Å²) in [5.41, 5.74) is 1.74. The molecule has 0 bridgehead atoms. The van der Waals surface area contributed by atoms with Crippen molar-refractivity contribution in [3.05, 3.63) is 90.8 Å². The molecule has 0 aliphatic heterocycles. The number of hydrogen-bond donors (Lipinski definition) is 0. The maximum Gasteiger partial charge on any atom is 0.340 e. The summed E-state index contributed by atoms with van der Waals surface area (Å²) in [4.78, 5) is 31.1. The van der Waals surface area contributed by atoms with Crippen molar-refractivity contribution >= 4 is 23.3 Å². The predicted molar refractivity (Wildman–Crippen MR) is 104 cm³/mol. The molecule has 1 atom stereocenters. The highest BCUT2D eigenvalue weighted by atomic mass is 16.5. The Morgan fingerprint density at radius 3 is 2.00 bits per heavy atom. The molecule has 0 radical (unpaired) electrons. The zero-order valence-corrected chi connectivity index (χ0v) is 15.0. The number of benzene rings is 2. The molecule has 3 rings (SSSR count). The second-order valence-electron chi connectivity index (χ2n) is 5.89. The van der Waals surface area contributed by atoms with Crippen LogP contribution in [0, 0.1) is 0 Å². The fourth-order valence-electron chi connectivity index (χ4n) is 2.69. The monoisotopic (exact) mass is 360 g/mol. The average Bonchev–Trinajstić information content (AvgIpc) is 2.74. The van der Waals surface area contributed by atoms with Crippen LogP contribution in [0.4, 0.5) is 11.4 Å². The summed E-state index contributed by atoms with van der Waals surface area (Å²) in [5.74, 6) is -0.864. The summed E-state index contributed by atoms with van der Waals surface area (Å²) in [7, 11) is 0. The lowest BCUT2D eigenvalue weighted by atomic mass is 10.1. The molecule has 5 nitrogen and oxygen atoms in total. The minimum atomic E-state index is -0.905. The van der Waals surface area contributed by atoms with Gasteiger partial charge >= 0.3 is 5.97 Å². The second kappa shape index (κ2) is 8.76. The van der Waals surface area contributed by atoms with Gasteiger partial charge < -0.3 is 4.74 Å². The Bertz CT molecular complexity index is 844.